The highest BCUT2D eigenvalue weighted by atomic mass is 32.2. The van der Waals surface area contributed by atoms with Crippen LogP contribution in [0.25, 0.3) is 0 Å². The van der Waals surface area contributed by atoms with Crippen LogP contribution in [0.4, 0.5) is 0 Å². The number of hydrogen-bond donors (Lipinski definition) is 0. The maximum absolute atomic E-state index is 4.38. The van der Waals surface area contributed by atoms with E-state index in [9.17, 15) is 0 Å². The molecule has 0 aromatic carbocycles. The SMILES string of the molecule is Cc1ccnc(SCc2c(C)ccnc2C)n1. The van der Waals surface area contributed by atoms with Crippen molar-refractivity contribution in [3.8, 4) is 0 Å². The van der Waals surface area contributed by atoms with Crippen LogP contribution in [-0.2, 0) is 5.75 Å². The molecule has 0 aliphatic heterocycles. The molecule has 0 saturated carbocycles. The molecule has 0 fully saturated rings. The van der Waals surface area contributed by atoms with E-state index in [1.54, 1.807) is 18.0 Å². The molecule has 17 heavy (non-hydrogen) atoms. The van der Waals surface area contributed by atoms with E-state index in [1.807, 2.05) is 32.2 Å². The fourth-order valence-corrected chi connectivity index (χ4v) is 2.63. The van der Waals surface area contributed by atoms with Gasteiger partial charge in [-0.15, -0.1) is 0 Å². The summed E-state index contributed by atoms with van der Waals surface area (Å²) >= 11 is 1.65. The zero-order valence-corrected chi connectivity index (χ0v) is 11.1. The first-order chi connectivity index (χ1) is 8.16. The van der Waals surface area contributed by atoms with Gasteiger partial charge in [-0.25, -0.2) is 9.97 Å². The van der Waals surface area contributed by atoms with Crippen molar-refractivity contribution in [2.24, 2.45) is 0 Å². The van der Waals surface area contributed by atoms with Crippen LogP contribution in [-0.4, -0.2) is 15.0 Å². The first-order valence-electron chi connectivity index (χ1n) is 5.50. The number of hydrogen-bond acceptors (Lipinski definition) is 4. The van der Waals surface area contributed by atoms with Crippen molar-refractivity contribution in [3.05, 3.63) is 47.0 Å². The number of thioether (sulfide) groups is 1. The second-order valence-electron chi connectivity index (χ2n) is 3.96. The molecule has 2 rings (SSSR count). The third-order valence-electron chi connectivity index (χ3n) is 2.62. The summed E-state index contributed by atoms with van der Waals surface area (Å²) in [6.07, 6.45) is 3.65. The highest BCUT2D eigenvalue weighted by Crippen LogP contribution is 2.22. The summed E-state index contributed by atoms with van der Waals surface area (Å²) in [5.74, 6) is 0.870. The normalized spacial score (nSPS) is 10.5. The molecule has 0 amide bonds. The van der Waals surface area contributed by atoms with E-state index >= 15 is 0 Å². The van der Waals surface area contributed by atoms with E-state index in [-0.39, 0.29) is 0 Å². The Labute approximate surface area is 106 Å². The van der Waals surface area contributed by atoms with Crippen LogP contribution in [0, 0.1) is 20.8 Å². The summed E-state index contributed by atoms with van der Waals surface area (Å²) in [7, 11) is 0. The van der Waals surface area contributed by atoms with E-state index in [2.05, 4.69) is 21.9 Å². The van der Waals surface area contributed by atoms with E-state index in [1.165, 1.54) is 11.1 Å². The van der Waals surface area contributed by atoms with Gasteiger partial charge in [-0.2, -0.15) is 0 Å². The van der Waals surface area contributed by atoms with E-state index in [0.29, 0.717) is 0 Å². The van der Waals surface area contributed by atoms with Gasteiger partial charge in [-0.1, -0.05) is 11.8 Å². The lowest BCUT2D eigenvalue weighted by Crippen LogP contribution is -1.95. The maximum Gasteiger partial charge on any atom is 0.188 e. The van der Waals surface area contributed by atoms with Crippen LogP contribution in [0.15, 0.2) is 29.7 Å². The molecule has 0 spiro atoms. The van der Waals surface area contributed by atoms with E-state index in [0.717, 1.165) is 22.3 Å². The van der Waals surface area contributed by atoms with Crippen molar-refractivity contribution < 1.29 is 0 Å². The van der Waals surface area contributed by atoms with Gasteiger partial charge in [0, 0.05) is 29.5 Å². The van der Waals surface area contributed by atoms with Crippen LogP contribution < -0.4 is 0 Å². The number of rotatable bonds is 3. The van der Waals surface area contributed by atoms with Gasteiger partial charge >= 0.3 is 0 Å². The van der Waals surface area contributed by atoms with Crippen LogP contribution >= 0.6 is 11.8 Å². The predicted molar refractivity (Wildman–Crippen MR) is 70.0 cm³/mol. The fourth-order valence-electron chi connectivity index (χ4n) is 1.58. The number of nitrogens with zero attached hydrogens (tertiary/aromatic N) is 3. The summed E-state index contributed by atoms with van der Waals surface area (Å²) < 4.78 is 0. The summed E-state index contributed by atoms with van der Waals surface area (Å²) in [6, 6.07) is 3.95. The van der Waals surface area contributed by atoms with Crippen LogP contribution in [0.1, 0.15) is 22.5 Å². The molecule has 0 bridgehead atoms. The molecular weight excluding hydrogens is 230 g/mol. The largest absolute Gasteiger partial charge is 0.261 e. The van der Waals surface area contributed by atoms with Crippen molar-refractivity contribution >= 4 is 11.8 Å². The Kier molecular flexibility index (Phi) is 3.74. The summed E-state index contributed by atoms with van der Waals surface area (Å²) in [4.78, 5) is 12.9. The van der Waals surface area contributed by atoms with Crippen molar-refractivity contribution in [3.63, 3.8) is 0 Å². The summed E-state index contributed by atoms with van der Waals surface area (Å²) in [5, 5.41) is 0.827. The van der Waals surface area contributed by atoms with Gasteiger partial charge in [0.25, 0.3) is 0 Å². The topological polar surface area (TPSA) is 38.7 Å². The Bertz CT molecular complexity index is 506. The molecule has 2 aromatic rings. The molecule has 0 N–H and O–H groups in total. The third-order valence-corrected chi connectivity index (χ3v) is 3.51. The van der Waals surface area contributed by atoms with Crippen LogP contribution in [0.5, 0.6) is 0 Å². The molecule has 3 nitrogen and oxygen atoms in total. The van der Waals surface area contributed by atoms with Gasteiger partial charge in [-0.05, 0) is 44.0 Å². The number of aromatic nitrogens is 3. The summed E-state index contributed by atoms with van der Waals surface area (Å²) in [5.41, 5.74) is 4.65. The minimum atomic E-state index is 0.827. The van der Waals surface area contributed by atoms with Gasteiger partial charge in [0.15, 0.2) is 5.16 Å². The van der Waals surface area contributed by atoms with Crippen molar-refractivity contribution in [1.29, 1.82) is 0 Å². The van der Waals surface area contributed by atoms with E-state index < -0.39 is 0 Å². The molecule has 0 aliphatic carbocycles. The van der Waals surface area contributed by atoms with Gasteiger partial charge < -0.3 is 0 Å². The molecule has 0 atom stereocenters. The highest BCUT2D eigenvalue weighted by Gasteiger charge is 2.05. The average Bonchev–Trinajstić information content (AvgIpc) is 2.28. The minimum absolute atomic E-state index is 0.827. The lowest BCUT2D eigenvalue weighted by atomic mass is 10.1. The molecule has 0 saturated heterocycles. The first kappa shape index (κ1) is 12.0. The van der Waals surface area contributed by atoms with Gasteiger partial charge in [-0.3, -0.25) is 4.98 Å². The molecule has 0 radical (unpaired) electrons. The smallest absolute Gasteiger partial charge is 0.188 e. The molecular formula is C13H15N3S. The van der Waals surface area contributed by atoms with Crippen molar-refractivity contribution in [2.75, 3.05) is 0 Å². The Morgan fingerprint density at radius 1 is 1.06 bits per heavy atom. The zero-order valence-electron chi connectivity index (χ0n) is 10.3. The maximum atomic E-state index is 4.38. The molecule has 0 unspecified atom stereocenters. The molecule has 88 valence electrons. The van der Waals surface area contributed by atoms with Crippen molar-refractivity contribution in [2.45, 2.75) is 31.7 Å². The van der Waals surface area contributed by atoms with Gasteiger partial charge in [0.2, 0.25) is 0 Å². The minimum Gasteiger partial charge on any atom is -0.261 e. The Balaban J connectivity index is 2.13. The van der Waals surface area contributed by atoms with Crippen molar-refractivity contribution in [1.82, 2.24) is 15.0 Å². The fraction of sp³-hybridized carbons (Fsp3) is 0.308. The second kappa shape index (κ2) is 5.27. The quantitative estimate of drug-likeness (QED) is 0.615. The number of pyridine rings is 1. The second-order valence-corrected chi connectivity index (χ2v) is 4.90. The Hall–Kier alpha value is -1.42. The predicted octanol–water partition coefficient (Wildman–Crippen LogP) is 3.09. The van der Waals surface area contributed by atoms with Crippen LogP contribution in [0.2, 0.25) is 0 Å². The van der Waals surface area contributed by atoms with Gasteiger partial charge in [0.05, 0.1) is 0 Å². The highest BCUT2D eigenvalue weighted by molar-refractivity contribution is 7.98. The average molecular weight is 245 g/mol. The Morgan fingerprint density at radius 2 is 1.82 bits per heavy atom. The molecule has 2 heterocycles. The summed E-state index contributed by atoms with van der Waals surface area (Å²) in [6.45, 7) is 6.13. The lowest BCUT2D eigenvalue weighted by molar-refractivity contribution is 0.931. The number of aryl methyl sites for hydroxylation is 3. The molecule has 0 aliphatic rings. The van der Waals surface area contributed by atoms with Gasteiger partial charge in [0.1, 0.15) is 0 Å². The Morgan fingerprint density at radius 3 is 2.53 bits per heavy atom. The van der Waals surface area contributed by atoms with E-state index in [4.69, 9.17) is 0 Å². The monoisotopic (exact) mass is 245 g/mol. The standard InChI is InChI=1S/C13H15N3S/c1-9-4-6-14-11(3)12(9)8-17-13-15-7-5-10(2)16-13/h4-7H,8H2,1-3H3. The third kappa shape index (κ3) is 3.03. The lowest BCUT2D eigenvalue weighted by Gasteiger charge is -2.07. The zero-order chi connectivity index (χ0) is 12.3. The first-order valence-corrected chi connectivity index (χ1v) is 6.49. The molecule has 4 heteroatoms. The van der Waals surface area contributed by atoms with Crippen LogP contribution in [0.3, 0.4) is 0 Å². The molecule has 2 aromatic heterocycles.